The van der Waals surface area contributed by atoms with E-state index < -0.39 is 53.5 Å². The molecule has 1 spiro atoms. The smallest absolute Gasteiger partial charge is 0.309 e. The molecule has 0 radical (unpaired) electrons. The highest BCUT2D eigenvalue weighted by molar-refractivity contribution is 7.09. The van der Waals surface area contributed by atoms with E-state index >= 15 is 4.39 Å². The normalized spacial score (nSPS) is 37.5. The van der Waals surface area contributed by atoms with E-state index in [1.165, 1.54) is 17.4 Å². The summed E-state index contributed by atoms with van der Waals surface area (Å²) < 4.78 is 26.9. The van der Waals surface area contributed by atoms with Gasteiger partial charge in [-0.3, -0.25) is 9.59 Å². The van der Waals surface area contributed by atoms with Gasteiger partial charge in [0.15, 0.2) is 6.10 Å². The number of carbonyl (C=O) groups excluding carboxylic acids is 2. The fourth-order valence-corrected chi connectivity index (χ4v) is 6.63. The van der Waals surface area contributed by atoms with Gasteiger partial charge < -0.3 is 19.7 Å². The first-order valence-corrected chi connectivity index (χ1v) is 14.4. The average molecular weight is 538 g/mol. The molecule has 1 aliphatic carbocycles. The summed E-state index contributed by atoms with van der Waals surface area (Å²) in [5.41, 5.74) is -1.07. The fourth-order valence-electron chi connectivity index (χ4n) is 6.06. The van der Waals surface area contributed by atoms with E-state index in [1.54, 1.807) is 5.38 Å². The molecule has 7 atom stereocenters. The Balaban J connectivity index is 1.59. The number of Topliss-reactive ketones (excluding diaryl/α,β-unsaturated/α-hetero) is 1. The standard InChI is InChI=1S/C28H40FNO6S/c1-5-19-25(33)16(2)8-6-9-27(4)23(36-27)13-21(20(29)12-18-15-37-17(3)30-18)35-24(32)14-22(31)28(26(19)34)10-7-11-28/h12,15-16,19,21-23,25,31,33H,5-11,13-14H2,1-4H3/b20-12-. The summed E-state index contributed by atoms with van der Waals surface area (Å²) in [6.07, 6.45) is 1.91. The number of aliphatic hydroxyl groups excluding tert-OH is 2. The number of ketones is 1. The van der Waals surface area contributed by atoms with E-state index in [1.807, 2.05) is 27.7 Å². The minimum Gasteiger partial charge on any atom is -0.455 e. The first-order valence-electron chi connectivity index (χ1n) is 13.6. The third-order valence-corrected chi connectivity index (χ3v) is 9.60. The van der Waals surface area contributed by atoms with E-state index in [0.717, 1.165) is 30.7 Å². The van der Waals surface area contributed by atoms with Crippen LogP contribution in [0.2, 0.25) is 0 Å². The molecule has 37 heavy (non-hydrogen) atoms. The van der Waals surface area contributed by atoms with Crippen molar-refractivity contribution in [2.24, 2.45) is 17.3 Å². The third kappa shape index (κ3) is 6.00. The summed E-state index contributed by atoms with van der Waals surface area (Å²) in [6, 6.07) is 0. The number of nitrogens with zero attached hydrogens (tertiary/aromatic N) is 1. The van der Waals surface area contributed by atoms with Crippen molar-refractivity contribution in [2.75, 3.05) is 0 Å². The lowest BCUT2D eigenvalue weighted by Gasteiger charge is -2.46. The second-order valence-electron chi connectivity index (χ2n) is 11.4. The van der Waals surface area contributed by atoms with Crippen molar-refractivity contribution in [2.45, 2.75) is 115 Å². The monoisotopic (exact) mass is 537 g/mol. The quantitative estimate of drug-likeness (QED) is 0.416. The molecule has 2 N–H and O–H groups in total. The van der Waals surface area contributed by atoms with E-state index in [2.05, 4.69) is 4.98 Å². The van der Waals surface area contributed by atoms with E-state index in [4.69, 9.17) is 9.47 Å². The summed E-state index contributed by atoms with van der Waals surface area (Å²) >= 11 is 1.40. The largest absolute Gasteiger partial charge is 0.455 e. The minimum absolute atomic E-state index is 0.100. The highest BCUT2D eigenvalue weighted by atomic mass is 32.1. The maximum absolute atomic E-state index is 15.4. The van der Waals surface area contributed by atoms with Gasteiger partial charge in [0, 0.05) is 17.7 Å². The zero-order valence-electron chi connectivity index (χ0n) is 22.2. The van der Waals surface area contributed by atoms with E-state index in [-0.39, 0.29) is 24.2 Å². The van der Waals surface area contributed by atoms with Crippen molar-refractivity contribution in [3.63, 3.8) is 0 Å². The summed E-state index contributed by atoms with van der Waals surface area (Å²) in [5, 5.41) is 24.7. The van der Waals surface area contributed by atoms with Crippen LogP contribution in [0.15, 0.2) is 11.2 Å². The molecule has 0 amide bonds. The molecule has 4 rings (SSSR count). The van der Waals surface area contributed by atoms with Crippen molar-refractivity contribution >= 4 is 29.2 Å². The summed E-state index contributed by atoms with van der Waals surface area (Å²) in [6.45, 7) is 7.62. The van der Waals surface area contributed by atoms with Crippen LogP contribution in [0.4, 0.5) is 4.39 Å². The van der Waals surface area contributed by atoms with Gasteiger partial charge in [-0.05, 0) is 57.9 Å². The SMILES string of the molecule is CCC1C(=O)C2(CCC2)C(O)CC(=O)OC(/C(F)=C/c2csc(C)n2)CC2OC2(C)CCCC(C)C1O. The van der Waals surface area contributed by atoms with Crippen molar-refractivity contribution in [1.29, 1.82) is 0 Å². The number of aryl methyl sites for hydroxylation is 1. The zero-order chi connectivity index (χ0) is 27.0. The molecule has 2 saturated heterocycles. The number of fused-ring (bicyclic) bond motifs is 1. The number of carbonyl (C=O) groups is 2. The van der Waals surface area contributed by atoms with Gasteiger partial charge in [0.1, 0.15) is 11.6 Å². The Bertz CT molecular complexity index is 1020. The Hall–Kier alpha value is -1.68. The number of esters is 1. The highest BCUT2D eigenvalue weighted by Gasteiger charge is 2.55. The number of hydrogen-bond acceptors (Lipinski definition) is 8. The molecule has 1 saturated carbocycles. The van der Waals surface area contributed by atoms with Crippen LogP contribution in [0.1, 0.15) is 89.3 Å². The zero-order valence-corrected chi connectivity index (χ0v) is 23.1. The highest BCUT2D eigenvalue weighted by Crippen LogP contribution is 2.49. The molecule has 3 heterocycles. The maximum atomic E-state index is 15.4. The molecular weight excluding hydrogens is 497 g/mol. The predicted octanol–water partition coefficient (Wildman–Crippen LogP) is 4.92. The molecular formula is C28H40FNO6S. The van der Waals surface area contributed by atoms with Crippen LogP contribution in [0.25, 0.3) is 6.08 Å². The minimum atomic E-state index is -1.25. The van der Waals surface area contributed by atoms with Crippen molar-refractivity contribution < 1.29 is 33.7 Å². The molecule has 206 valence electrons. The molecule has 0 aromatic carbocycles. The number of halogens is 1. The van der Waals surface area contributed by atoms with Gasteiger partial charge in [-0.15, -0.1) is 11.3 Å². The Morgan fingerprint density at radius 2 is 2.00 bits per heavy atom. The van der Waals surface area contributed by atoms with Crippen molar-refractivity contribution in [1.82, 2.24) is 4.98 Å². The van der Waals surface area contributed by atoms with Gasteiger partial charge in [-0.2, -0.15) is 0 Å². The van der Waals surface area contributed by atoms with Gasteiger partial charge in [0.25, 0.3) is 0 Å². The number of aromatic nitrogens is 1. The molecule has 0 bridgehead atoms. The number of thiazole rings is 1. The molecule has 3 fully saturated rings. The summed E-state index contributed by atoms with van der Waals surface area (Å²) in [7, 11) is 0. The summed E-state index contributed by atoms with van der Waals surface area (Å²) in [5.74, 6) is -2.26. The van der Waals surface area contributed by atoms with Gasteiger partial charge in [0.05, 0.1) is 46.5 Å². The van der Waals surface area contributed by atoms with Crippen LogP contribution >= 0.6 is 11.3 Å². The molecule has 3 aliphatic rings. The second kappa shape index (κ2) is 11.2. The molecule has 7 unspecified atom stereocenters. The van der Waals surface area contributed by atoms with Crippen LogP contribution in [0, 0.1) is 24.2 Å². The van der Waals surface area contributed by atoms with Crippen LogP contribution in [-0.4, -0.2) is 57.0 Å². The van der Waals surface area contributed by atoms with Gasteiger partial charge in [-0.25, -0.2) is 9.37 Å². The lowest BCUT2D eigenvalue weighted by molar-refractivity contribution is -0.162. The number of ether oxygens (including phenoxy) is 2. The number of epoxide rings is 1. The van der Waals surface area contributed by atoms with Crippen molar-refractivity contribution in [3.05, 3.63) is 21.9 Å². The summed E-state index contributed by atoms with van der Waals surface area (Å²) in [4.78, 5) is 30.9. The first kappa shape index (κ1) is 28.3. The third-order valence-electron chi connectivity index (χ3n) is 8.81. The van der Waals surface area contributed by atoms with Crippen LogP contribution < -0.4 is 0 Å². The second-order valence-corrected chi connectivity index (χ2v) is 12.5. The molecule has 2 aliphatic heterocycles. The Kier molecular flexibility index (Phi) is 8.58. The van der Waals surface area contributed by atoms with Gasteiger partial charge >= 0.3 is 5.97 Å². The fraction of sp³-hybridized carbons (Fsp3) is 0.750. The average Bonchev–Trinajstić information content (AvgIpc) is 3.24. The number of rotatable bonds is 3. The van der Waals surface area contributed by atoms with Crippen LogP contribution in [0.5, 0.6) is 0 Å². The maximum Gasteiger partial charge on any atom is 0.309 e. The van der Waals surface area contributed by atoms with Gasteiger partial charge in [0.2, 0.25) is 0 Å². The van der Waals surface area contributed by atoms with E-state index in [9.17, 15) is 19.8 Å². The Morgan fingerprint density at radius 3 is 2.59 bits per heavy atom. The number of hydrogen-bond donors (Lipinski definition) is 2. The lowest BCUT2D eigenvalue weighted by atomic mass is 9.58. The number of cyclic esters (lactones) is 1. The first-order chi connectivity index (χ1) is 17.5. The Labute approximate surface area is 222 Å². The van der Waals surface area contributed by atoms with Crippen LogP contribution in [0.3, 0.4) is 0 Å². The topological polar surface area (TPSA) is 109 Å². The van der Waals surface area contributed by atoms with Crippen molar-refractivity contribution in [3.8, 4) is 0 Å². The molecule has 1 aromatic rings. The van der Waals surface area contributed by atoms with Gasteiger partial charge in [-0.1, -0.05) is 26.7 Å². The lowest BCUT2D eigenvalue weighted by Crippen LogP contribution is -2.53. The number of aliphatic hydroxyl groups is 2. The Morgan fingerprint density at radius 1 is 1.27 bits per heavy atom. The molecule has 7 nitrogen and oxygen atoms in total. The van der Waals surface area contributed by atoms with Crippen LogP contribution in [-0.2, 0) is 19.1 Å². The molecule has 1 aromatic heterocycles. The molecule has 9 heteroatoms. The predicted molar refractivity (Wildman–Crippen MR) is 138 cm³/mol. The van der Waals surface area contributed by atoms with E-state index in [0.29, 0.717) is 25.0 Å².